The predicted molar refractivity (Wildman–Crippen MR) is 76.4 cm³/mol. The van der Waals surface area contributed by atoms with E-state index in [4.69, 9.17) is 4.52 Å². The molecule has 0 radical (unpaired) electrons. The van der Waals surface area contributed by atoms with Gasteiger partial charge in [0.2, 0.25) is 11.8 Å². The summed E-state index contributed by atoms with van der Waals surface area (Å²) in [6.45, 7) is 4.13. The average Bonchev–Trinajstić information content (AvgIpc) is 2.87. The molecule has 0 saturated carbocycles. The second-order valence-corrected chi connectivity index (χ2v) is 5.64. The van der Waals surface area contributed by atoms with E-state index in [2.05, 4.69) is 17.1 Å². The first-order valence-corrected chi connectivity index (χ1v) is 7.54. The summed E-state index contributed by atoms with van der Waals surface area (Å²) in [5.74, 6) is 1.35. The molecule has 1 fully saturated rings. The van der Waals surface area contributed by atoms with Crippen LogP contribution in [-0.4, -0.2) is 63.7 Å². The molecule has 7 heteroatoms. The number of aromatic nitrogens is 2. The molecule has 0 spiro atoms. The van der Waals surface area contributed by atoms with Gasteiger partial charge in [0, 0.05) is 19.5 Å². The highest BCUT2D eigenvalue weighted by atomic mass is 16.5. The largest absolute Gasteiger partial charge is 0.393 e. The van der Waals surface area contributed by atoms with E-state index in [-0.39, 0.29) is 12.0 Å². The monoisotopic (exact) mass is 296 g/mol. The van der Waals surface area contributed by atoms with Crippen LogP contribution in [0.15, 0.2) is 4.52 Å². The van der Waals surface area contributed by atoms with E-state index in [0.29, 0.717) is 44.9 Å². The fourth-order valence-electron chi connectivity index (χ4n) is 2.41. The minimum Gasteiger partial charge on any atom is -0.393 e. The van der Waals surface area contributed by atoms with Gasteiger partial charge < -0.3 is 14.5 Å². The van der Waals surface area contributed by atoms with Crippen LogP contribution in [0.5, 0.6) is 0 Å². The van der Waals surface area contributed by atoms with Crippen LogP contribution in [0.3, 0.4) is 0 Å². The second-order valence-electron chi connectivity index (χ2n) is 5.64. The Bertz CT molecular complexity index is 455. The molecule has 0 atom stereocenters. The number of likely N-dealkylation sites (tertiary alicyclic amines) is 1. The summed E-state index contributed by atoms with van der Waals surface area (Å²) in [5, 5.41) is 13.4. The zero-order valence-corrected chi connectivity index (χ0v) is 12.8. The number of carbonyl (C=O) groups is 1. The number of piperidine rings is 1. The molecule has 0 unspecified atom stereocenters. The van der Waals surface area contributed by atoms with Crippen molar-refractivity contribution < 1.29 is 14.4 Å². The molecule has 2 rings (SSSR count). The van der Waals surface area contributed by atoms with Crippen LogP contribution in [0, 0.1) is 0 Å². The van der Waals surface area contributed by atoms with Crippen LogP contribution in [0.2, 0.25) is 0 Å². The van der Waals surface area contributed by atoms with Gasteiger partial charge in [0.15, 0.2) is 5.82 Å². The molecule has 1 N–H and O–H groups in total. The van der Waals surface area contributed by atoms with Gasteiger partial charge in [0.1, 0.15) is 0 Å². The highest BCUT2D eigenvalue weighted by Gasteiger charge is 2.22. The number of aryl methyl sites for hydroxylation is 1. The quantitative estimate of drug-likeness (QED) is 0.820. The van der Waals surface area contributed by atoms with E-state index in [1.54, 1.807) is 4.90 Å². The Morgan fingerprint density at radius 1 is 1.48 bits per heavy atom. The van der Waals surface area contributed by atoms with Gasteiger partial charge in [0.25, 0.3) is 0 Å². The van der Waals surface area contributed by atoms with E-state index in [0.717, 1.165) is 18.7 Å². The van der Waals surface area contributed by atoms with Crippen molar-refractivity contribution in [2.45, 2.75) is 45.3 Å². The molecule has 1 saturated heterocycles. The first-order valence-electron chi connectivity index (χ1n) is 7.54. The third-order valence-electron chi connectivity index (χ3n) is 3.61. The third-order valence-corrected chi connectivity index (χ3v) is 3.61. The summed E-state index contributed by atoms with van der Waals surface area (Å²) in [7, 11) is 1.86. The van der Waals surface area contributed by atoms with E-state index in [9.17, 15) is 9.90 Å². The highest BCUT2D eigenvalue weighted by molar-refractivity contribution is 5.78. The maximum absolute atomic E-state index is 12.1. The first kappa shape index (κ1) is 15.9. The average molecular weight is 296 g/mol. The molecule has 118 valence electrons. The van der Waals surface area contributed by atoms with Crippen LogP contribution in [0.1, 0.15) is 37.9 Å². The van der Waals surface area contributed by atoms with Crippen molar-refractivity contribution in [2.24, 2.45) is 0 Å². The lowest BCUT2D eigenvalue weighted by Gasteiger charge is -2.30. The van der Waals surface area contributed by atoms with Gasteiger partial charge >= 0.3 is 0 Å². The lowest BCUT2D eigenvalue weighted by Crippen LogP contribution is -2.44. The minimum absolute atomic E-state index is 0.0812. The SMILES string of the molecule is CCCc1noc(CN(C)CC(=O)N2CCC(O)CC2)n1. The fraction of sp³-hybridized carbons (Fsp3) is 0.786. The van der Waals surface area contributed by atoms with Crippen LogP contribution in [0.25, 0.3) is 0 Å². The number of nitrogens with zero attached hydrogens (tertiary/aromatic N) is 4. The molecule has 0 bridgehead atoms. The number of aliphatic hydroxyl groups excluding tert-OH is 1. The summed E-state index contributed by atoms with van der Waals surface area (Å²) < 4.78 is 5.17. The Labute approximate surface area is 124 Å². The predicted octanol–water partition coefficient (Wildman–Crippen LogP) is 0.437. The Morgan fingerprint density at radius 2 is 2.19 bits per heavy atom. The van der Waals surface area contributed by atoms with E-state index >= 15 is 0 Å². The van der Waals surface area contributed by atoms with Gasteiger partial charge in [-0.1, -0.05) is 12.1 Å². The highest BCUT2D eigenvalue weighted by Crippen LogP contribution is 2.10. The van der Waals surface area contributed by atoms with Crippen LogP contribution >= 0.6 is 0 Å². The maximum Gasteiger partial charge on any atom is 0.240 e. The van der Waals surface area contributed by atoms with Crippen LogP contribution < -0.4 is 0 Å². The minimum atomic E-state index is -0.262. The summed E-state index contributed by atoms with van der Waals surface area (Å²) in [6, 6.07) is 0. The number of hydrogen-bond donors (Lipinski definition) is 1. The normalized spacial score (nSPS) is 16.7. The molecular formula is C14H24N4O3. The molecule has 1 aromatic heterocycles. The van der Waals surface area contributed by atoms with Gasteiger partial charge in [0.05, 0.1) is 19.2 Å². The Balaban J connectivity index is 1.77. The molecule has 1 aromatic rings. The van der Waals surface area contributed by atoms with E-state index < -0.39 is 0 Å². The summed E-state index contributed by atoms with van der Waals surface area (Å²) in [4.78, 5) is 20.1. The second kappa shape index (κ2) is 7.51. The number of aliphatic hydroxyl groups is 1. The summed E-state index contributed by atoms with van der Waals surface area (Å²) in [6.07, 6.45) is 2.86. The molecular weight excluding hydrogens is 272 g/mol. The van der Waals surface area contributed by atoms with Crippen LogP contribution in [-0.2, 0) is 17.8 Å². The lowest BCUT2D eigenvalue weighted by atomic mass is 10.1. The number of hydrogen-bond acceptors (Lipinski definition) is 6. The number of amides is 1. The van der Waals surface area contributed by atoms with Crippen molar-refractivity contribution >= 4 is 5.91 Å². The van der Waals surface area contributed by atoms with Crippen molar-refractivity contribution in [1.82, 2.24) is 19.9 Å². The van der Waals surface area contributed by atoms with Crippen molar-refractivity contribution in [3.8, 4) is 0 Å². The standard InChI is InChI=1S/C14H24N4O3/c1-3-4-12-15-13(21-16-12)9-17(2)10-14(20)18-7-5-11(19)6-8-18/h11,19H,3-10H2,1-2H3. The van der Waals surface area contributed by atoms with Gasteiger partial charge in [-0.05, 0) is 26.3 Å². The molecule has 0 aliphatic carbocycles. The van der Waals surface area contributed by atoms with Crippen molar-refractivity contribution in [1.29, 1.82) is 0 Å². The Kier molecular flexibility index (Phi) is 5.69. The van der Waals surface area contributed by atoms with Gasteiger partial charge in [-0.3, -0.25) is 9.69 Å². The zero-order chi connectivity index (χ0) is 15.2. The maximum atomic E-state index is 12.1. The molecule has 21 heavy (non-hydrogen) atoms. The van der Waals surface area contributed by atoms with Crippen LogP contribution in [0.4, 0.5) is 0 Å². The topological polar surface area (TPSA) is 82.7 Å². The summed E-state index contributed by atoms with van der Waals surface area (Å²) >= 11 is 0. The molecule has 2 heterocycles. The number of likely N-dealkylation sites (N-methyl/N-ethyl adjacent to an activating group) is 1. The number of rotatable bonds is 6. The molecule has 1 amide bonds. The van der Waals surface area contributed by atoms with Crippen molar-refractivity contribution in [2.75, 3.05) is 26.7 Å². The molecule has 1 aliphatic rings. The molecule has 0 aromatic carbocycles. The van der Waals surface area contributed by atoms with Crippen molar-refractivity contribution in [3.05, 3.63) is 11.7 Å². The number of carbonyl (C=O) groups excluding carboxylic acids is 1. The fourth-order valence-corrected chi connectivity index (χ4v) is 2.41. The smallest absolute Gasteiger partial charge is 0.240 e. The zero-order valence-electron chi connectivity index (χ0n) is 12.8. The van der Waals surface area contributed by atoms with Gasteiger partial charge in [-0.15, -0.1) is 0 Å². The van der Waals surface area contributed by atoms with E-state index in [1.807, 2.05) is 11.9 Å². The van der Waals surface area contributed by atoms with E-state index in [1.165, 1.54) is 0 Å². The summed E-state index contributed by atoms with van der Waals surface area (Å²) in [5.41, 5.74) is 0. The van der Waals surface area contributed by atoms with Gasteiger partial charge in [-0.25, -0.2) is 0 Å². The third kappa shape index (κ3) is 4.78. The lowest BCUT2D eigenvalue weighted by molar-refractivity contribution is -0.134. The first-order chi connectivity index (χ1) is 10.1. The Hall–Kier alpha value is -1.47. The van der Waals surface area contributed by atoms with Crippen molar-refractivity contribution in [3.63, 3.8) is 0 Å². The molecule has 1 aliphatic heterocycles. The van der Waals surface area contributed by atoms with Gasteiger partial charge in [-0.2, -0.15) is 4.98 Å². The Morgan fingerprint density at radius 3 is 2.86 bits per heavy atom. The molecule has 7 nitrogen and oxygen atoms in total.